The van der Waals surface area contributed by atoms with Crippen molar-refractivity contribution in [3.63, 3.8) is 0 Å². The van der Waals surface area contributed by atoms with Gasteiger partial charge in [0.1, 0.15) is 0 Å². The summed E-state index contributed by atoms with van der Waals surface area (Å²) in [5.41, 5.74) is 4.15. The second-order valence-corrected chi connectivity index (χ2v) is 7.85. The van der Waals surface area contributed by atoms with Crippen LogP contribution in [0.25, 0.3) is 10.9 Å². The number of anilines is 1. The number of rotatable bonds is 3. The number of para-hydroxylation sites is 1. The van der Waals surface area contributed by atoms with E-state index < -0.39 is 0 Å². The minimum Gasteiger partial charge on any atom is -0.349 e. The standard InChI is InChI=1S/C24H26N4O2/c1-16-8-9-22-18(14-16)15-21(17(2)25-22)23(29)26-20-10-12-28(13-11-20)24(30)27-19-6-4-3-5-7-19/h3-9,14-15,20H,10-13H2,1-2H3,(H,26,29)(H,27,30). The fourth-order valence-electron chi connectivity index (χ4n) is 3.84. The molecule has 154 valence electrons. The summed E-state index contributed by atoms with van der Waals surface area (Å²) in [6.45, 7) is 5.11. The molecule has 30 heavy (non-hydrogen) atoms. The van der Waals surface area contributed by atoms with E-state index >= 15 is 0 Å². The molecule has 0 radical (unpaired) electrons. The van der Waals surface area contributed by atoms with E-state index in [1.165, 1.54) is 0 Å². The first kappa shape index (κ1) is 19.9. The van der Waals surface area contributed by atoms with E-state index in [1.54, 1.807) is 4.90 Å². The normalized spacial score (nSPS) is 14.5. The third kappa shape index (κ3) is 4.43. The Balaban J connectivity index is 1.36. The van der Waals surface area contributed by atoms with Gasteiger partial charge in [-0.1, -0.05) is 29.8 Å². The monoisotopic (exact) mass is 402 g/mol. The number of aryl methyl sites for hydroxylation is 2. The van der Waals surface area contributed by atoms with Crippen molar-refractivity contribution >= 4 is 28.5 Å². The molecule has 3 aromatic rings. The SMILES string of the molecule is Cc1ccc2nc(C)c(C(=O)NC3CCN(C(=O)Nc4ccccc4)CC3)cc2c1. The van der Waals surface area contributed by atoms with Gasteiger partial charge < -0.3 is 15.5 Å². The highest BCUT2D eigenvalue weighted by Crippen LogP contribution is 2.19. The number of urea groups is 1. The molecule has 0 unspecified atom stereocenters. The first-order chi connectivity index (χ1) is 14.5. The van der Waals surface area contributed by atoms with Gasteiger partial charge in [-0.15, -0.1) is 0 Å². The molecule has 6 nitrogen and oxygen atoms in total. The zero-order valence-corrected chi connectivity index (χ0v) is 17.3. The van der Waals surface area contributed by atoms with Crippen molar-refractivity contribution in [3.05, 3.63) is 71.4 Å². The maximum atomic E-state index is 12.9. The van der Waals surface area contributed by atoms with Gasteiger partial charge in [-0.25, -0.2) is 4.79 Å². The molecular formula is C24H26N4O2. The van der Waals surface area contributed by atoms with Gasteiger partial charge in [0.15, 0.2) is 0 Å². The number of aromatic nitrogens is 1. The Bertz CT molecular complexity index is 1070. The molecule has 1 saturated heterocycles. The van der Waals surface area contributed by atoms with Crippen LogP contribution in [0.15, 0.2) is 54.6 Å². The van der Waals surface area contributed by atoms with Crippen molar-refractivity contribution in [2.24, 2.45) is 0 Å². The second-order valence-electron chi connectivity index (χ2n) is 7.85. The Morgan fingerprint density at radius 2 is 1.73 bits per heavy atom. The second kappa shape index (κ2) is 8.53. The van der Waals surface area contributed by atoms with Gasteiger partial charge in [-0.05, 0) is 57.0 Å². The molecule has 6 heteroatoms. The maximum Gasteiger partial charge on any atom is 0.321 e. The summed E-state index contributed by atoms with van der Waals surface area (Å²) in [4.78, 5) is 31.7. The lowest BCUT2D eigenvalue weighted by molar-refractivity contribution is 0.0918. The highest BCUT2D eigenvalue weighted by molar-refractivity contribution is 5.99. The van der Waals surface area contributed by atoms with Crippen molar-refractivity contribution in [1.29, 1.82) is 0 Å². The van der Waals surface area contributed by atoms with E-state index in [1.807, 2.05) is 68.4 Å². The van der Waals surface area contributed by atoms with Gasteiger partial charge in [-0.3, -0.25) is 9.78 Å². The Labute approximate surface area is 176 Å². The van der Waals surface area contributed by atoms with Gasteiger partial charge >= 0.3 is 6.03 Å². The molecule has 1 aliphatic rings. The number of benzene rings is 2. The number of nitrogens with one attached hydrogen (secondary N) is 2. The smallest absolute Gasteiger partial charge is 0.321 e. The zero-order chi connectivity index (χ0) is 21.1. The summed E-state index contributed by atoms with van der Waals surface area (Å²) in [5.74, 6) is -0.101. The number of carbonyl (C=O) groups excluding carboxylic acids is 2. The lowest BCUT2D eigenvalue weighted by Gasteiger charge is -2.32. The van der Waals surface area contributed by atoms with Gasteiger partial charge in [-0.2, -0.15) is 0 Å². The van der Waals surface area contributed by atoms with E-state index in [0.717, 1.165) is 40.7 Å². The topological polar surface area (TPSA) is 74.3 Å². The number of amides is 3. The predicted molar refractivity (Wildman–Crippen MR) is 119 cm³/mol. The zero-order valence-electron chi connectivity index (χ0n) is 17.3. The minimum atomic E-state index is -0.101. The summed E-state index contributed by atoms with van der Waals surface area (Å²) in [7, 11) is 0. The molecule has 0 spiro atoms. The third-order valence-electron chi connectivity index (χ3n) is 5.55. The maximum absolute atomic E-state index is 12.9. The molecule has 2 aromatic carbocycles. The number of carbonyl (C=O) groups is 2. The van der Waals surface area contributed by atoms with Crippen molar-refractivity contribution in [2.45, 2.75) is 32.7 Å². The summed E-state index contributed by atoms with van der Waals surface area (Å²) >= 11 is 0. The molecule has 3 amide bonds. The lowest BCUT2D eigenvalue weighted by atomic mass is 10.0. The average molecular weight is 402 g/mol. The van der Waals surface area contributed by atoms with Crippen LogP contribution in [-0.4, -0.2) is 41.0 Å². The van der Waals surface area contributed by atoms with Gasteiger partial charge in [0.05, 0.1) is 16.8 Å². The summed E-state index contributed by atoms with van der Waals surface area (Å²) < 4.78 is 0. The Kier molecular flexibility index (Phi) is 5.65. The van der Waals surface area contributed by atoms with E-state index in [0.29, 0.717) is 18.7 Å². The summed E-state index contributed by atoms with van der Waals surface area (Å²) in [6.07, 6.45) is 1.46. The number of nitrogens with zero attached hydrogens (tertiary/aromatic N) is 2. The van der Waals surface area contributed by atoms with Crippen LogP contribution in [0.2, 0.25) is 0 Å². The Morgan fingerprint density at radius 3 is 2.47 bits per heavy atom. The molecule has 4 rings (SSSR count). The van der Waals surface area contributed by atoms with Crippen LogP contribution in [0.1, 0.15) is 34.5 Å². The number of fused-ring (bicyclic) bond motifs is 1. The van der Waals surface area contributed by atoms with Crippen LogP contribution < -0.4 is 10.6 Å². The largest absolute Gasteiger partial charge is 0.349 e. The molecule has 2 heterocycles. The van der Waals surface area contributed by atoms with Gasteiger partial charge in [0.25, 0.3) is 5.91 Å². The number of likely N-dealkylation sites (tertiary alicyclic amines) is 1. The molecule has 2 N–H and O–H groups in total. The molecular weight excluding hydrogens is 376 g/mol. The average Bonchev–Trinajstić information content (AvgIpc) is 2.74. The molecule has 1 aliphatic heterocycles. The van der Waals surface area contributed by atoms with Crippen LogP contribution in [-0.2, 0) is 0 Å². The molecule has 0 saturated carbocycles. The summed E-state index contributed by atoms with van der Waals surface area (Å²) in [5, 5.41) is 7.01. The van der Waals surface area contributed by atoms with Crippen LogP contribution in [0.4, 0.5) is 10.5 Å². The predicted octanol–water partition coefficient (Wildman–Crippen LogP) is 4.28. The van der Waals surface area contributed by atoms with Crippen LogP contribution in [0.3, 0.4) is 0 Å². The number of hydrogen-bond donors (Lipinski definition) is 2. The van der Waals surface area contributed by atoms with Crippen LogP contribution >= 0.6 is 0 Å². The number of piperidine rings is 1. The van der Waals surface area contributed by atoms with Gasteiger partial charge in [0.2, 0.25) is 0 Å². The summed E-state index contributed by atoms with van der Waals surface area (Å²) in [6, 6.07) is 17.3. The van der Waals surface area contributed by atoms with Crippen molar-refractivity contribution in [3.8, 4) is 0 Å². The first-order valence-corrected chi connectivity index (χ1v) is 10.3. The van der Waals surface area contributed by atoms with E-state index in [-0.39, 0.29) is 18.0 Å². The quantitative estimate of drug-likeness (QED) is 0.687. The fourth-order valence-corrected chi connectivity index (χ4v) is 3.84. The van der Waals surface area contributed by atoms with Crippen molar-refractivity contribution < 1.29 is 9.59 Å². The lowest BCUT2D eigenvalue weighted by Crippen LogP contribution is -2.47. The third-order valence-corrected chi connectivity index (χ3v) is 5.55. The van der Waals surface area contributed by atoms with Crippen molar-refractivity contribution in [2.75, 3.05) is 18.4 Å². The molecule has 0 bridgehead atoms. The first-order valence-electron chi connectivity index (χ1n) is 10.3. The van der Waals surface area contributed by atoms with E-state index in [4.69, 9.17) is 0 Å². The number of hydrogen-bond acceptors (Lipinski definition) is 3. The van der Waals surface area contributed by atoms with Gasteiger partial charge in [0, 0.05) is 30.2 Å². The molecule has 1 fully saturated rings. The molecule has 1 aromatic heterocycles. The van der Waals surface area contributed by atoms with E-state index in [2.05, 4.69) is 15.6 Å². The van der Waals surface area contributed by atoms with Crippen molar-refractivity contribution in [1.82, 2.24) is 15.2 Å². The molecule has 0 atom stereocenters. The Morgan fingerprint density at radius 1 is 1.00 bits per heavy atom. The minimum absolute atomic E-state index is 0.0471. The van der Waals surface area contributed by atoms with Crippen LogP contribution in [0, 0.1) is 13.8 Å². The Hall–Kier alpha value is -3.41. The highest BCUT2D eigenvalue weighted by Gasteiger charge is 2.25. The van der Waals surface area contributed by atoms with E-state index in [9.17, 15) is 9.59 Å². The van der Waals surface area contributed by atoms with Crippen LogP contribution in [0.5, 0.6) is 0 Å². The highest BCUT2D eigenvalue weighted by atomic mass is 16.2. The fraction of sp³-hybridized carbons (Fsp3) is 0.292. The molecule has 0 aliphatic carbocycles. The number of pyridine rings is 1.